The number of benzene rings is 1. The first-order valence-corrected chi connectivity index (χ1v) is 10.1. The minimum absolute atomic E-state index is 0.298. The van der Waals surface area contributed by atoms with Crippen LogP contribution in [0, 0.1) is 5.92 Å². The molecule has 1 aliphatic heterocycles. The molecule has 1 saturated heterocycles. The van der Waals surface area contributed by atoms with Crippen molar-refractivity contribution >= 4 is 5.69 Å². The van der Waals surface area contributed by atoms with Crippen molar-refractivity contribution in [3.63, 3.8) is 0 Å². The van der Waals surface area contributed by atoms with Gasteiger partial charge in [0.2, 0.25) is 5.82 Å². The molecule has 1 N–H and O–H groups in total. The number of tetrazole rings is 1. The van der Waals surface area contributed by atoms with Crippen LogP contribution in [0.3, 0.4) is 0 Å². The molecular weight excluding hydrogens is 356 g/mol. The molecule has 2 aromatic rings. The monoisotopic (exact) mass is 389 g/mol. The molecule has 2 heterocycles. The van der Waals surface area contributed by atoms with Gasteiger partial charge < -0.3 is 19.3 Å². The Hall–Kier alpha value is -2.19. The molecule has 0 amide bonds. The summed E-state index contributed by atoms with van der Waals surface area (Å²) < 4.78 is 12.7. The quantitative estimate of drug-likeness (QED) is 0.685. The largest absolute Gasteiger partial charge is 0.495 e. The molecular formula is C20H33N6O2+. The Balaban J connectivity index is 1.72. The van der Waals surface area contributed by atoms with Crippen molar-refractivity contribution in [1.82, 2.24) is 20.2 Å². The lowest BCUT2D eigenvalue weighted by atomic mass is 10.0. The lowest BCUT2D eigenvalue weighted by Gasteiger charge is -2.38. The van der Waals surface area contributed by atoms with Gasteiger partial charge in [0.15, 0.2) is 0 Å². The molecule has 0 saturated carbocycles. The van der Waals surface area contributed by atoms with Gasteiger partial charge in [-0.15, -0.1) is 5.10 Å². The first-order valence-electron chi connectivity index (χ1n) is 10.1. The van der Waals surface area contributed by atoms with Crippen molar-refractivity contribution in [3.05, 3.63) is 30.1 Å². The Labute approximate surface area is 167 Å². The molecule has 8 heteroatoms. The number of hydrogen-bond acceptors (Lipinski definition) is 6. The summed E-state index contributed by atoms with van der Waals surface area (Å²) in [7, 11) is 3.44. The Kier molecular flexibility index (Phi) is 7.22. The fourth-order valence-corrected chi connectivity index (χ4v) is 4.00. The summed E-state index contributed by atoms with van der Waals surface area (Å²) in [6.07, 6.45) is 1.07. The minimum atomic E-state index is 0.298. The molecule has 1 fully saturated rings. The number of hydrogen-bond donors (Lipinski definition) is 1. The molecule has 0 aliphatic carbocycles. The average Bonchev–Trinajstić information content (AvgIpc) is 3.18. The number of nitrogens with one attached hydrogen (secondary N) is 1. The molecule has 28 heavy (non-hydrogen) atoms. The molecule has 1 aromatic heterocycles. The molecule has 0 radical (unpaired) electrons. The highest BCUT2D eigenvalue weighted by Crippen LogP contribution is 2.27. The van der Waals surface area contributed by atoms with E-state index in [0.717, 1.165) is 44.2 Å². The summed E-state index contributed by atoms with van der Waals surface area (Å²) in [5.41, 5.74) is 1.18. The summed E-state index contributed by atoms with van der Waals surface area (Å²) in [6, 6.07) is 8.55. The number of rotatable bonds is 9. The number of ether oxygens (including phenoxy) is 2. The van der Waals surface area contributed by atoms with Crippen LogP contribution >= 0.6 is 0 Å². The third-order valence-electron chi connectivity index (χ3n) is 5.41. The van der Waals surface area contributed by atoms with Crippen LogP contribution in [0.1, 0.15) is 32.1 Å². The Morgan fingerprint density at radius 3 is 2.57 bits per heavy atom. The van der Waals surface area contributed by atoms with E-state index >= 15 is 0 Å². The molecule has 8 nitrogen and oxygen atoms in total. The van der Waals surface area contributed by atoms with E-state index in [4.69, 9.17) is 9.47 Å². The SMILES string of the molecule is COCCn1nnnc1[C@H](CC(C)C)[NH+]1CCN(c2ccccc2OC)CC1. The second-order valence-electron chi connectivity index (χ2n) is 7.75. The third kappa shape index (κ3) is 4.80. The van der Waals surface area contributed by atoms with Crippen LogP contribution in [-0.2, 0) is 11.3 Å². The van der Waals surface area contributed by atoms with Gasteiger partial charge in [-0.05, 0) is 28.5 Å². The summed E-state index contributed by atoms with van der Waals surface area (Å²) in [6.45, 7) is 9.91. The smallest absolute Gasteiger partial charge is 0.209 e. The summed E-state index contributed by atoms with van der Waals surface area (Å²) in [5, 5.41) is 12.5. The summed E-state index contributed by atoms with van der Waals surface area (Å²) in [4.78, 5) is 3.97. The number of aromatic nitrogens is 4. The first-order chi connectivity index (χ1) is 13.6. The van der Waals surface area contributed by atoms with Gasteiger partial charge in [0, 0.05) is 13.5 Å². The molecule has 1 aliphatic rings. The van der Waals surface area contributed by atoms with Gasteiger partial charge in [0.1, 0.15) is 11.8 Å². The normalized spacial score (nSPS) is 16.5. The predicted octanol–water partition coefficient (Wildman–Crippen LogP) is 0.820. The Morgan fingerprint density at radius 1 is 1.14 bits per heavy atom. The van der Waals surface area contributed by atoms with E-state index in [0.29, 0.717) is 25.1 Å². The van der Waals surface area contributed by atoms with Crippen molar-refractivity contribution in [2.24, 2.45) is 5.92 Å². The first kappa shape index (κ1) is 20.5. The summed E-state index contributed by atoms with van der Waals surface area (Å²) >= 11 is 0. The van der Waals surface area contributed by atoms with Crippen molar-refractivity contribution in [2.45, 2.75) is 32.9 Å². The Morgan fingerprint density at radius 2 is 1.89 bits per heavy atom. The van der Waals surface area contributed by atoms with Crippen LogP contribution in [0.15, 0.2) is 24.3 Å². The zero-order valence-electron chi connectivity index (χ0n) is 17.5. The maximum atomic E-state index is 5.55. The molecule has 0 unspecified atom stereocenters. The lowest BCUT2D eigenvalue weighted by molar-refractivity contribution is -0.934. The number of quaternary nitrogens is 1. The van der Waals surface area contributed by atoms with Crippen LogP contribution in [0.2, 0.25) is 0 Å². The van der Waals surface area contributed by atoms with Gasteiger partial charge in [-0.2, -0.15) is 0 Å². The average molecular weight is 390 g/mol. The van der Waals surface area contributed by atoms with Crippen LogP contribution in [0.25, 0.3) is 0 Å². The second kappa shape index (κ2) is 9.84. The van der Waals surface area contributed by atoms with E-state index in [2.05, 4.69) is 46.4 Å². The zero-order chi connectivity index (χ0) is 19.9. The molecule has 1 aromatic carbocycles. The highest BCUT2D eigenvalue weighted by molar-refractivity contribution is 5.58. The molecule has 0 bridgehead atoms. The maximum absolute atomic E-state index is 5.55. The number of para-hydroxylation sites is 2. The van der Waals surface area contributed by atoms with E-state index in [-0.39, 0.29) is 0 Å². The van der Waals surface area contributed by atoms with Crippen LogP contribution in [-0.4, -0.2) is 67.2 Å². The van der Waals surface area contributed by atoms with Gasteiger partial charge in [0.25, 0.3) is 0 Å². The molecule has 154 valence electrons. The third-order valence-corrected chi connectivity index (χ3v) is 5.41. The van der Waals surface area contributed by atoms with E-state index in [9.17, 15) is 0 Å². The fraction of sp³-hybridized carbons (Fsp3) is 0.650. The highest BCUT2D eigenvalue weighted by Gasteiger charge is 2.33. The van der Waals surface area contributed by atoms with E-state index in [1.165, 1.54) is 5.69 Å². The van der Waals surface area contributed by atoms with Gasteiger partial charge >= 0.3 is 0 Å². The van der Waals surface area contributed by atoms with Crippen LogP contribution in [0.4, 0.5) is 5.69 Å². The predicted molar refractivity (Wildman–Crippen MR) is 108 cm³/mol. The minimum Gasteiger partial charge on any atom is -0.495 e. The highest BCUT2D eigenvalue weighted by atomic mass is 16.5. The number of methoxy groups -OCH3 is 2. The van der Waals surface area contributed by atoms with E-state index in [1.807, 2.05) is 16.8 Å². The maximum Gasteiger partial charge on any atom is 0.209 e. The number of piperazine rings is 1. The second-order valence-corrected chi connectivity index (χ2v) is 7.75. The Bertz CT molecular complexity index is 727. The topological polar surface area (TPSA) is 69.7 Å². The van der Waals surface area contributed by atoms with Crippen LogP contribution < -0.4 is 14.5 Å². The molecule has 0 spiro atoms. The van der Waals surface area contributed by atoms with Gasteiger partial charge in [-0.3, -0.25) is 0 Å². The van der Waals surface area contributed by atoms with Crippen molar-refractivity contribution < 1.29 is 14.4 Å². The van der Waals surface area contributed by atoms with E-state index < -0.39 is 0 Å². The van der Waals surface area contributed by atoms with Crippen molar-refractivity contribution in [1.29, 1.82) is 0 Å². The van der Waals surface area contributed by atoms with Gasteiger partial charge in [0.05, 0.1) is 52.1 Å². The van der Waals surface area contributed by atoms with Gasteiger partial charge in [-0.1, -0.05) is 26.0 Å². The van der Waals surface area contributed by atoms with Crippen molar-refractivity contribution in [2.75, 3.05) is 51.9 Å². The standard InChI is InChI=1S/C20H32N6O2/c1-16(2)15-18(20-21-22-23-26(20)13-14-27-3)25-11-9-24(10-12-25)17-7-5-6-8-19(17)28-4/h5-8,16,18H,9-15H2,1-4H3/p+1/t18-/m0/s1. The van der Waals surface area contributed by atoms with E-state index in [1.54, 1.807) is 19.1 Å². The van der Waals surface area contributed by atoms with Crippen LogP contribution in [0.5, 0.6) is 5.75 Å². The fourth-order valence-electron chi connectivity index (χ4n) is 4.00. The number of anilines is 1. The molecule has 3 rings (SSSR count). The number of nitrogens with zero attached hydrogens (tertiary/aromatic N) is 5. The molecule has 1 atom stereocenters. The van der Waals surface area contributed by atoms with Gasteiger partial charge in [-0.25, -0.2) is 4.68 Å². The summed E-state index contributed by atoms with van der Waals surface area (Å²) in [5.74, 6) is 2.50. The lowest BCUT2D eigenvalue weighted by Crippen LogP contribution is -3.15. The zero-order valence-corrected chi connectivity index (χ0v) is 17.5. The van der Waals surface area contributed by atoms with Crippen molar-refractivity contribution in [3.8, 4) is 5.75 Å².